The molecule has 0 radical (unpaired) electrons. The molecular weight excluding hydrogens is 492 g/mol. The molecule has 0 unspecified atom stereocenters. The monoisotopic (exact) mass is 522 g/mol. The van der Waals surface area contributed by atoms with Crippen LogP contribution in [0.25, 0.3) is 0 Å². The van der Waals surface area contributed by atoms with Crippen molar-refractivity contribution in [1.29, 1.82) is 0 Å². The Morgan fingerprint density at radius 2 is 1.82 bits per heavy atom. The van der Waals surface area contributed by atoms with Crippen LogP contribution in [0.5, 0.6) is 5.75 Å². The van der Waals surface area contributed by atoms with Crippen molar-refractivity contribution in [2.75, 3.05) is 14.2 Å². The van der Waals surface area contributed by atoms with Gasteiger partial charge in [0.1, 0.15) is 17.4 Å². The number of furan rings is 1. The molecule has 9 heteroatoms. The molecule has 0 amide bonds. The van der Waals surface area contributed by atoms with Crippen LogP contribution >= 0.6 is 0 Å². The molecule has 38 heavy (non-hydrogen) atoms. The zero-order valence-corrected chi connectivity index (χ0v) is 21.7. The van der Waals surface area contributed by atoms with E-state index in [0.29, 0.717) is 30.6 Å². The number of ether oxygens (including phenoxy) is 4. The van der Waals surface area contributed by atoms with E-state index in [0.717, 1.165) is 0 Å². The number of cyclic esters (lactones) is 1. The van der Waals surface area contributed by atoms with E-state index in [-0.39, 0.29) is 11.3 Å². The number of hydrogen-bond acceptors (Lipinski definition) is 9. The van der Waals surface area contributed by atoms with Crippen LogP contribution in [-0.2, 0) is 28.6 Å². The highest BCUT2D eigenvalue weighted by atomic mass is 16.6. The number of para-hydroxylation sites is 1. The largest absolute Gasteiger partial charge is 0.496 e. The first-order valence-corrected chi connectivity index (χ1v) is 12.6. The lowest BCUT2D eigenvalue weighted by Crippen LogP contribution is -2.61. The Morgan fingerprint density at radius 1 is 1.05 bits per heavy atom. The SMILES string of the molecule is COC(=O)[C@@H]1C=C(OC(=O)c2ccccc2OC)C(=O)[C@H]2[C@@]1(C)CC[C@H]1C(=O)O[C@H](c3ccoc3)C[C@]21C. The highest BCUT2D eigenvalue weighted by Gasteiger charge is 2.66. The van der Waals surface area contributed by atoms with Gasteiger partial charge in [0.25, 0.3) is 0 Å². The van der Waals surface area contributed by atoms with Gasteiger partial charge in [-0.1, -0.05) is 26.0 Å². The number of fused-ring (bicyclic) bond motifs is 3. The van der Waals surface area contributed by atoms with Crippen LogP contribution in [0.3, 0.4) is 0 Å². The first-order valence-electron chi connectivity index (χ1n) is 12.6. The molecule has 3 aliphatic rings. The van der Waals surface area contributed by atoms with E-state index in [9.17, 15) is 19.2 Å². The van der Waals surface area contributed by atoms with E-state index in [4.69, 9.17) is 23.4 Å². The number of carbonyl (C=O) groups is 4. The highest BCUT2D eigenvalue weighted by molar-refractivity contribution is 6.04. The third kappa shape index (κ3) is 3.92. The van der Waals surface area contributed by atoms with Gasteiger partial charge in [0.15, 0.2) is 5.76 Å². The van der Waals surface area contributed by atoms with Crippen LogP contribution in [0, 0.1) is 28.6 Å². The molecule has 6 atom stereocenters. The van der Waals surface area contributed by atoms with Crippen LogP contribution in [0.1, 0.15) is 55.1 Å². The Balaban J connectivity index is 1.57. The van der Waals surface area contributed by atoms with Crippen LogP contribution in [0.4, 0.5) is 0 Å². The standard InChI is InChI=1S/C29H30O9/c1-28-11-9-18-27(33)38-22(16-10-12-36-15-16)14-29(18,2)24(28)23(30)21(13-19(28)26(32)35-4)37-25(31)17-7-5-6-8-20(17)34-3/h5-8,10,12-13,15,18-19,22,24H,9,11,14H2,1-4H3/t18-,19-,22-,24-,28-,29-/m0/s1. The van der Waals surface area contributed by atoms with Crippen molar-refractivity contribution in [3.05, 3.63) is 65.8 Å². The number of rotatable bonds is 5. The van der Waals surface area contributed by atoms with Gasteiger partial charge in [0, 0.05) is 11.5 Å². The Morgan fingerprint density at radius 3 is 2.50 bits per heavy atom. The second-order valence-corrected chi connectivity index (χ2v) is 10.7. The Hall–Kier alpha value is -3.88. The van der Waals surface area contributed by atoms with E-state index < -0.39 is 58.4 Å². The van der Waals surface area contributed by atoms with Crippen LogP contribution in [0.15, 0.2) is 59.1 Å². The van der Waals surface area contributed by atoms with Crippen molar-refractivity contribution in [1.82, 2.24) is 0 Å². The number of ketones is 1. The van der Waals surface area contributed by atoms with Crippen LogP contribution in [0.2, 0.25) is 0 Å². The molecule has 0 bridgehead atoms. The predicted molar refractivity (Wildman–Crippen MR) is 132 cm³/mol. The quantitative estimate of drug-likeness (QED) is 0.415. The van der Waals surface area contributed by atoms with E-state index in [1.165, 1.54) is 38.9 Å². The van der Waals surface area contributed by atoms with Gasteiger partial charge in [-0.2, -0.15) is 0 Å². The Labute approximate surface area is 220 Å². The minimum Gasteiger partial charge on any atom is -0.496 e. The van der Waals surface area contributed by atoms with Crippen molar-refractivity contribution >= 4 is 23.7 Å². The number of esters is 3. The summed E-state index contributed by atoms with van der Waals surface area (Å²) in [4.78, 5) is 53.7. The Bertz CT molecular complexity index is 1310. The average molecular weight is 523 g/mol. The van der Waals surface area contributed by atoms with Crippen LogP contribution < -0.4 is 4.74 Å². The summed E-state index contributed by atoms with van der Waals surface area (Å²) in [5, 5.41) is 0. The lowest BCUT2D eigenvalue weighted by atomic mass is 9.44. The first kappa shape index (κ1) is 25.8. The smallest absolute Gasteiger partial charge is 0.347 e. The van der Waals surface area contributed by atoms with E-state index >= 15 is 0 Å². The maximum atomic E-state index is 14.2. The second kappa shape index (κ2) is 9.45. The third-order valence-electron chi connectivity index (χ3n) is 8.69. The number of hydrogen-bond donors (Lipinski definition) is 0. The summed E-state index contributed by atoms with van der Waals surface area (Å²) in [6.07, 6.45) is 5.01. The van der Waals surface area contributed by atoms with Crippen molar-refractivity contribution < 1.29 is 42.5 Å². The van der Waals surface area contributed by atoms with Gasteiger partial charge in [0.05, 0.1) is 38.6 Å². The zero-order chi connectivity index (χ0) is 27.2. The molecule has 0 spiro atoms. The molecule has 2 aliphatic carbocycles. The number of benzene rings is 1. The summed E-state index contributed by atoms with van der Waals surface area (Å²) in [5.41, 5.74) is -0.921. The lowest BCUT2D eigenvalue weighted by Gasteiger charge is -2.59. The summed E-state index contributed by atoms with van der Waals surface area (Å²) in [7, 11) is 2.71. The van der Waals surface area contributed by atoms with Crippen molar-refractivity contribution in [2.24, 2.45) is 28.6 Å². The maximum Gasteiger partial charge on any atom is 0.347 e. The van der Waals surface area contributed by atoms with Crippen molar-refractivity contribution in [2.45, 2.75) is 39.2 Å². The van der Waals surface area contributed by atoms with Gasteiger partial charge >= 0.3 is 17.9 Å². The fraction of sp³-hybridized carbons (Fsp3) is 0.448. The summed E-state index contributed by atoms with van der Waals surface area (Å²) in [6.45, 7) is 3.77. The van der Waals surface area contributed by atoms with Crippen molar-refractivity contribution in [3.63, 3.8) is 0 Å². The van der Waals surface area contributed by atoms with Gasteiger partial charge in [-0.05, 0) is 54.4 Å². The van der Waals surface area contributed by atoms with Gasteiger partial charge in [-0.15, -0.1) is 0 Å². The van der Waals surface area contributed by atoms with Crippen LogP contribution in [-0.4, -0.2) is 37.9 Å². The van der Waals surface area contributed by atoms with E-state index in [1.807, 2.05) is 13.8 Å². The van der Waals surface area contributed by atoms with E-state index in [1.54, 1.807) is 24.3 Å². The fourth-order valence-corrected chi connectivity index (χ4v) is 6.86. The number of Topliss-reactive ketones (excluding diaryl/α,β-unsaturated/α-hetero) is 1. The summed E-state index contributed by atoms with van der Waals surface area (Å²) < 4.78 is 27.0. The van der Waals surface area contributed by atoms with Gasteiger partial charge in [-0.25, -0.2) is 4.79 Å². The molecule has 5 rings (SSSR count). The molecule has 0 N–H and O–H groups in total. The molecule has 2 fully saturated rings. The Kier molecular flexibility index (Phi) is 6.41. The van der Waals surface area contributed by atoms with Crippen molar-refractivity contribution in [3.8, 4) is 5.75 Å². The summed E-state index contributed by atoms with van der Waals surface area (Å²) in [6, 6.07) is 8.23. The average Bonchev–Trinajstić information content (AvgIpc) is 3.44. The topological polar surface area (TPSA) is 118 Å². The molecule has 1 aliphatic heterocycles. The molecular formula is C29H30O9. The maximum absolute atomic E-state index is 14.2. The summed E-state index contributed by atoms with van der Waals surface area (Å²) >= 11 is 0. The molecule has 1 saturated carbocycles. The number of allylic oxidation sites excluding steroid dienone is 1. The predicted octanol–water partition coefficient (Wildman–Crippen LogP) is 4.43. The van der Waals surface area contributed by atoms with Gasteiger partial charge in [0.2, 0.25) is 5.78 Å². The fourth-order valence-electron chi connectivity index (χ4n) is 6.86. The molecule has 1 aromatic carbocycles. The van der Waals surface area contributed by atoms with Gasteiger partial charge in [-0.3, -0.25) is 14.4 Å². The second-order valence-electron chi connectivity index (χ2n) is 10.7. The number of carbonyl (C=O) groups excluding carboxylic acids is 4. The lowest BCUT2D eigenvalue weighted by molar-refractivity contribution is -0.197. The van der Waals surface area contributed by atoms with Gasteiger partial charge < -0.3 is 23.4 Å². The minimum atomic E-state index is -0.885. The molecule has 200 valence electrons. The first-order chi connectivity index (χ1) is 18.1. The molecule has 9 nitrogen and oxygen atoms in total. The highest BCUT2D eigenvalue weighted by Crippen LogP contribution is 2.64. The molecule has 1 saturated heterocycles. The normalized spacial score (nSPS) is 32.3. The molecule has 2 heterocycles. The minimum absolute atomic E-state index is 0.139. The zero-order valence-electron chi connectivity index (χ0n) is 21.7. The molecule has 2 aromatic rings. The molecule has 1 aromatic heterocycles. The third-order valence-corrected chi connectivity index (χ3v) is 8.69. The summed E-state index contributed by atoms with van der Waals surface area (Å²) in [5.74, 6) is -4.33. The number of methoxy groups -OCH3 is 2. The van der Waals surface area contributed by atoms with E-state index in [2.05, 4.69) is 0 Å².